The molecule has 1 heterocycles. The summed E-state index contributed by atoms with van der Waals surface area (Å²) < 4.78 is 0. The monoisotopic (exact) mass is 305 g/mol. The van der Waals surface area contributed by atoms with Gasteiger partial charge >= 0.3 is 0 Å². The Morgan fingerprint density at radius 2 is 2.05 bits per heavy atom. The number of thiocarbonyl (C=S) groups is 1. The molecule has 3 nitrogen and oxygen atoms in total. The fourth-order valence-corrected chi connectivity index (χ4v) is 3.80. The molecule has 0 saturated heterocycles. The smallest absolute Gasteiger partial charge is 0.107 e. The van der Waals surface area contributed by atoms with Crippen LogP contribution in [-0.4, -0.2) is 16.0 Å². The van der Waals surface area contributed by atoms with Crippen LogP contribution < -0.4 is 11.1 Å². The molecular formula is C17H27N3S. The lowest BCUT2D eigenvalue weighted by atomic mass is 9.82. The van der Waals surface area contributed by atoms with E-state index in [0.29, 0.717) is 11.0 Å². The van der Waals surface area contributed by atoms with E-state index in [2.05, 4.69) is 23.3 Å². The van der Waals surface area contributed by atoms with Crippen LogP contribution in [0.5, 0.6) is 0 Å². The van der Waals surface area contributed by atoms with E-state index in [0.717, 1.165) is 35.0 Å². The van der Waals surface area contributed by atoms with Gasteiger partial charge in [0.15, 0.2) is 0 Å². The van der Waals surface area contributed by atoms with Crippen molar-refractivity contribution < 1.29 is 0 Å². The number of nitrogens with zero attached hydrogens (tertiary/aromatic N) is 1. The van der Waals surface area contributed by atoms with E-state index >= 15 is 0 Å². The highest BCUT2D eigenvalue weighted by Crippen LogP contribution is 2.31. The first-order chi connectivity index (χ1) is 10.0. The third kappa shape index (κ3) is 3.94. The van der Waals surface area contributed by atoms with Crippen LogP contribution in [-0.2, 0) is 0 Å². The largest absolute Gasteiger partial charge is 0.389 e. The number of nitrogens with one attached hydrogen (secondary N) is 1. The molecule has 3 N–H and O–H groups in total. The molecule has 0 radical (unpaired) electrons. The Hall–Kier alpha value is -1.16. The average Bonchev–Trinajstić information content (AvgIpc) is 2.44. The minimum atomic E-state index is 0.431. The fraction of sp³-hybridized carbons (Fsp3) is 0.647. The number of anilines is 1. The summed E-state index contributed by atoms with van der Waals surface area (Å²) in [4.78, 5) is 4.93. The van der Waals surface area contributed by atoms with E-state index in [1.807, 2.05) is 13.8 Å². The highest BCUT2D eigenvalue weighted by atomic mass is 32.1. The number of aromatic nitrogens is 1. The summed E-state index contributed by atoms with van der Waals surface area (Å²) >= 11 is 5.22. The van der Waals surface area contributed by atoms with Gasteiger partial charge in [-0.05, 0) is 45.1 Å². The molecule has 1 unspecified atom stereocenters. The Bertz CT molecular complexity index is 507. The van der Waals surface area contributed by atoms with Crippen LogP contribution in [0.2, 0.25) is 0 Å². The number of aryl methyl sites for hydroxylation is 2. The second-order valence-corrected chi connectivity index (χ2v) is 6.63. The van der Waals surface area contributed by atoms with Gasteiger partial charge in [-0.1, -0.05) is 38.4 Å². The Kier molecular flexibility index (Phi) is 5.57. The number of nitrogens with two attached hydrogens (primary N) is 1. The molecule has 0 amide bonds. The number of hydrogen-bond donors (Lipinski definition) is 2. The van der Waals surface area contributed by atoms with Gasteiger partial charge in [0.2, 0.25) is 0 Å². The molecule has 0 aliphatic heterocycles. The molecule has 1 fully saturated rings. The van der Waals surface area contributed by atoms with Crippen LogP contribution in [0, 0.1) is 19.8 Å². The summed E-state index contributed by atoms with van der Waals surface area (Å²) in [7, 11) is 0. The van der Waals surface area contributed by atoms with Crippen LogP contribution >= 0.6 is 12.2 Å². The topological polar surface area (TPSA) is 50.9 Å². The molecular weight excluding hydrogens is 278 g/mol. The molecule has 1 aromatic heterocycles. The van der Waals surface area contributed by atoms with E-state index < -0.39 is 0 Å². The molecule has 21 heavy (non-hydrogen) atoms. The van der Waals surface area contributed by atoms with Gasteiger partial charge in [0, 0.05) is 23.1 Å². The van der Waals surface area contributed by atoms with Crippen molar-refractivity contribution in [3.05, 3.63) is 23.0 Å². The fourth-order valence-electron chi connectivity index (χ4n) is 3.54. The molecule has 4 heteroatoms. The van der Waals surface area contributed by atoms with Crippen molar-refractivity contribution in [1.29, 1.82) is 0 Å². The SMILES string of the molecule is CCC(Nc1cc(C)nc(C)c1C(N)=S)C1CCCCC1. The highest BCUT2D eigenvalue weighted by molar-refractivity contribution is 7.80. The maximum absolute atomic E-state index is 5.91. The van der Waals surface area contributed by atoms with Crippen molar-refractivity contribution in [3.63, 3.8) is 0 Å². The maximum atomic E-state index is 5.91. The summed E-state index contributed by atoms with van der Waals surface area (Å²) in [5.41, 5.74) is 9.81. The molecule has 2 rings (SSSR count). The Morgan fingerprint density at radius 1 is 1.38 bits per heavy atom. The highest BCUT2D eigenvalue weighted by Gasteiger charge is 2.23. The first kappa shape index (κ1) is 16.2. The quantitative estimate of drug-likeness (QED) is 0.804. The normalized spacial score (nSPS) is 17.5. The molecule has 1 saturated carbocycles. The third-order valence-electron chi connectivity index (χ3n) is 4.57. The van der Waals surface area contributed by atoms with Crippen molar-refractivity contribution in [2.75, 3.05) is 5.32 Å². The molecule has 0 bridgehead atoms. The molecule has 1 atom stereocenters. The van der Waals surface area contributed by atoms with Gasteiger partial charge in [0.1, 0.15) is 4.99 Å². The zero-order chi connectivity index (χ0) is 15.4. The first-order valence-electron chi connectivity index (χ1n) is 8.07. The van der Waals surface area contributed by atoms with Gasteiger partial charge in [-0.3, -0.25) is 4.98 Å². The summed E-state index contributed by atoms with van der Waals surface area (Å²) in [6, 6.07) is 2.58. The van der Waals surface area contributed by atoms with Gasteiger partial charge in [-0.25, -0.2) is 0 Å². The lowest BCUT2D eigenvalue weighted by Crippen LogP contribution is -2.31. The molecule has 0 aromatic carbocycles. The average molecular weight is 305 g/mol. The Labute approximate surface area is 133 Å². The van der Waals surface area contributed by atoms with E-state index in [1.54, 1.807) is 0 Å². The van der Waals surface area contributed by atoms with Crippen LogP contribution in [0.15, 0.2) is 6.07 Å². The van der Waals surface area contributed by atoms with E-state index in [1.165, 1.54) is 32.1 Å². The van der Waals surface area contributed by atoms with Crippen LogP contribution in [0.1, 0.15) is 62.4 Å². The van der Waals surface area contributed by atoms with Crippen molar-refractivity contribution in [2.45, 2.75) is 65.3 Å². The third-order valence-corrected chi connectivity index (χ3v) is 4.78. The standard InChI is InChI=1S/C17H27N3S/c1-4-14(13-8-6-5-7-9-13)20-15-10-11(2)19-12(3)16(15)17(18)21/h10,13-14H,4-9H2,1-3H3,(H2,18,21)(H,19,20). The van der Waals surface area contributed by atoms with Gasteiger partial charge in [-0.2, -0.15) is 0 Å². The second-order valence-electron chi connectivity index (χ2n) is 6.19. The minimum absolute atomic E-state index is 0.431. The molecule has 1 aliphatic carbocycles. The molecule has 0 spiro atoms. The number of pyridine rings is 1. The van der Waals surface area contributed by atoms with E-state index in [-0.39, 0.29) is 0 Å². The molecule has 1 aliphatic rings. The summed E-state index contributed by atoms with van der Waals surface area (Å²) in [6.07, 6.45) is 7.90. The number of hydrogen-bond acceptors (Lipinski definition) is 3. The van der Waals surface area contributed by atoms with Gasteiger partial charge in [0.25, 0.3) is 0 Å². The maximum Gasteiger partial charge on any atom is 0.107 e. The Balaban J connectivity index is 2.25. The summed E-state index contributed by atoms with van der Waals surface area (Å²) in [5.74, 6) is 0.761. The minimum Gasteiger partial charge on any atom is -0.389 e. The zero-order valence-corrected chi connectivity index (χ0v) is 14.2. The molecule has 1 aromatic rings. The van der Waals surface area contributed by atoms with Gasteiger partial charge in [-0.15, -0.1) is 0 Å². The van der Waals surface area contributed by atoms with Crippen molar-refractivity contribution in [3.8, 4) is 0 Å². The van der Waals surface area contributed by atoms with E-state index in [9.17, 15) is 0 Å². The number of rotatable bonds is 5. The Morgan fingerprint density at radius 3 is 2.62 bits per heavy atom. The van der Waals surface area contributed by atoms with Crippen molar-refractivity contribution in [2.24, 2.45) is 11.7 Å². The van der Waals surface area contributed by atoms with Gasteiger partial charge in [0.05, 0.1) is 5.56 Å². The summed E-state index contributed by atoms with van der Waals surface area (Å²) in [5, 5.41) is 3.72. The van der Waals surface area contributed by atoms with E-state index in [4.69, 9.17) is 18.0 Å². The van der Waals surface area contributed by atoms with Crippen LogP contribution in [0.3, 0.4) is 0 Å². The predicted molar refractivity (Wildman–Crippen MR) is 93.9 cm³/mol. The lowest BCUT2D eigenvalue weighted by Gasteiger charge is -2.32. The van der Waals surface area contributed by atoms with Crippen LogP contribution in [0.4, 0.5) is 5.69 Å². The predicted octanol–water partition coefficient (Wildman–Crippen LogP) is 4.10. The van der Waals surface area contributed by atoms with Crippen LogP contribution in [0.25, 0.3) is 0 Å². The molecule has 116 valence electrons. The van der Waals surface area contributed by atoms with Gasteiger partial charge < -0.3 is 11.1 Å². The van der Waals surface area contributed by atoms with Crippen molar-refractivity contribution in [1.82, 2.24) is 4.98 Å². The first-order valence-corrected chi connectivity index (χ1v) is 8.48. The lowest BCUT2D eigenvalue weighted by molar-refractivity contribution is 0.313. The zero-order valence-electron chi connectivity index (χ0n) is 13.4. The van der Waals surface area contributed by atoms with Crippen molar-refractivity contribution >= 4 is 22.9 Å². The second kappa shape index (κ2) is 7.21. The summed E-state index contributed by atoms with van der Waals surface area (Å²) in [6.45, 7) is 6.25.